The van der Waals surface area contributed by atoms with Crippen molar-refractivity contribution in [2.45, 2.75) is 13.0 Å². The highest BCUT2D eigenvalue weighted by Gasteiger charge is 1.81. The van der Waals surface area contributed by atoms with E-state index in [-0.39, 0.29) is 19.6 Å². The lowest BCUT2D eigenvalue weighted by Gasteiger charge is -1.91. The molecule has 0 fully saturated rings. The number of rotatable bonds is 1. The third-order valence-electron chi connectivity index (χ3n) is 0.341. The monoisotopic (exact) mass is 109 g/mol. The molecular formula is C3H11NOS. The molecule has 3 heteroatoms. The van der Waals surface area contributed by atoms with Gasteiger partial charge in [-0.2, -0.15) is 13.5 Å². The zero-order chi connectivity index (χ0) is 4.28. The second-order valence-electron chi connectivity index (χ2n) is 1.08. The summed E-state index contributed by atoms with van der Waals surface area (Å²) in [5.74, 6) is 0. The summed E-state index contributed by atoms with van der Waals surface area (Å²) in [4.78, 5) is 0. The van der Waals surface area contributed by atoms with Gasteiger partial charge in [0, 0.05) is 6.54 Å². The molecular weight excluding hydrogens is 98.1 g/mol. The third kappa shape index (κ3) is 8.86. The van der Waals surface area contributed by atoms with Crippen LogP contribution in [0.4, 0.5) is 0 Å². The van der Waals surface area contributed by atoms with E-state index in [1.807, 2.05) is 0 Å². The fourth-order valence-electron chi connectivity index (χ4n) is 0. The van der Waals surface area contributed by atoms with E-state index in [1.54, 1.807) is 6.92 Å². The van der Waals surface area contributed by atoms with Crippen molar-refractivity contribution in [3.63, 3.8) is 0 Å². The van der Waals surface area contributed by atoms with Crippen LogP contribution in [0.15, 0.2) is 0 Å². The van der Waals surface area contributed by atoms with Gasteiger partial charge in [-0.05, 0) is 6.92 Å². The molecule has 0 radical (unpaired) electrons. The Bertz CT molecular complexity index is 24.8. The molecule has 0 aliphatic rings. The molecule has 0 amide bonds. The quantitative estimate of drug-likeness (QED) is 0.474. The zero-order valence-corrected chi connectivity index (χ0v) is 4.81. The maximum atomic E-state index is 8.24. The van der Waals surface area contributed by atoms with Crippen molar-refractivity contribution < 1.29 is 5.11 Å². The van der Waals surface area contributed by atoms with Gasteiger partial charge >= 0.3 is 0 Å². The number of hydrogen-bond donors (Lipinski definition) is 2. The maximum absolute atomic E-state index is 8.24. The summed E-state index contributed by atoms with van der Waals surface area (Å²) >= 11 is 0. The van der Waals surface area contributed by atoms with E-state index in [1.165, 1.54) is 0 Å². The Balaban J connectivity index is 0. The van der Waals surface area contributed by atoms with Gasteiger partial charge in [0.1, 0.15) is 0 Å². The van der Waals surface area contributed by atoms with Gasteiger partial charge in [0.25, 0.3) is 0 Å². The van der Waals surface area contributed by atoms with E-state index in [2.05, 4.69) is 0 Å². The van der Waals surface area contributed by atoms with Crippen LogP contribution in [-0.4, -0.2) is 17.8 Å². The highest BCUT2D eigenvalue weighted by atomic mass is 32.1. The van der Waals surface area contributed by atoms with E-state index in [4.69, 9.17) is 10.8 Å². The van der Waals surface area contributed by atoms with Crippen LogP contribution in [0.1, 0.15) is 6.92 Å². The van der Waals surface area contributed by atoms with E-state index in [0.29, 0.717) is 6.54 Å². The number of aliphatic hydroxyl groups excluding tert-OH is 1. The topological polar surface area (TPSA) is 46.2 Å². The molecule has 40 valence electrons. The lowest BCUT2D eigenvalue weighted by molar-refractivity contribution is 0.203. The van der Waals surface area contributed by atoms with E-state index in [0.717, 1.165) is 0 Å². The molecule has 0 unspecified atom stereocenters. The fourth-order valence-corrected chi connectivity index (χ4v) is 0. The summed E-state index contributed by atoms with van der Waals surface area (Å²) < 4.78 is 0. The molecule has 0 saturated heterocycles. The first-order chi connectivity index (χ1) is 2.27. The van der Waals surface area contributed by atoms with Gasteiger partial charge < -0.3 is 10.8 Å². The average molecular weight is 109 g/mol. The van der Waals surface area contributed by atoms with Crippen molar-refractivity contribution >= 4 is 13.5 Å². The summed E-state index contributed by atoms with van der Waals surface area (Å²) in [5.41, 5.74) is 4.92. The SMILES string of the molecule is C[C@H](O)CN.S. The fraction of sp³-hybridized carbons (Fsp3) is 1.00. The summed E-state index contributed by atoms with van der Waals surface area (Å²) in [6.45, 7) is 2.01. The van der Waals surface area contributed by atoms with Gasteiger partial charge in [-0.15, -0.1) is 0 Å². The second kappa shape index (κ2) is 5.27. The third-order valence-corrected chi connectivity index (χ3v) is 0.341. The van der Waals surface area contributed by atoms with Crippen molar-refractivity contribution in [3.05, 3.63) is 0 Å². The lowest BCUT2D eigenvalue weighted by atomic mass is 10.4. The van der Waals surface area contributed by atoms with Gasteiger partial charge in [-0.25, -0.2) is 0 Å². The Morgan fingerprint density at radius 1 is 1.83 bits per heavy atom. The maximum Gasteiger partial charge on any atom is 0.0634 e. The standard InChI is InChI=1S/C3H9NO.H2S/c1-3(5)2-4;/h3,5H,2,4H2,1H3;1H2/t3-;/m0./s1. The predicted molar refractivity (Wildman–Crippen MR) is 31.1 cm³/mol. The molecule has 2 nitrogen and oxygen atoms in total. The van der Waals surface area contributed by atoms with Crippen LogP contribution < -0.4 is 5.73 Å². The second-order valence-corrected chi connectivity index (χ2v) is 1.08. The van der Waals surface area contributed by atoms with Crippen molar-refractivity contribution in [1.29, 1.82) is 0 Å². The Labute approximate surface area is 44.8 Å². The Morgan fingerprint density at radius 2 is 2.00 bits per heavy atom. The minimum Gasteiger partial charge on any atom is -0.392 e. The number of aliphatic hydroxyl groups is 1. The van der Waals surface area contributed by atoms with Crippen LogP contribution in [-0.2, 0) is 0 Å². The van der Waals surface area contributed by atoms with E-state index < -0.39 is 0 Å². The molecule has 0 aliphatic heterocycles. The van der Waals surface area contributed by atoms with Crippen molar-refractivity contribution in [3.8, 4) is 0 Å². The van der Waals surface area contributed by atoms with Gasteiger partial charge in [0.15, 0.2) is 0 Å². The molecule has 1 atom stereocenters. The normalized spacial score (nSPS) is 12.5. The molecule has 3 N–H and O–H groups in total. The lowest BCUT2D eigenvalue weighted by Crippen LogP contribution is -2.14. The molecule has 0 aromatic rings. The Kier molecular flexibility index (Phi) is 8.39. The van der Waals surface area contributed by atoms with E-state index >= 15 is 0 Å². The first-order valence-corrected chi connectivity index (χ1v) is 1.65. The molecule has 0 spiro atoms. The first-order valence-electron chi connectivity index (χ1n) is 1.65. The molecule has 0 aromatic carbocycles. The molecule has 6 heavy (non-hydrogen) atoms. The van der Waals surface area contributed by atoms with Crippen molar-refractivity contribution in [1.82, 2.24) is 0 Å². The highest BCUT2D eigenvalue weighted by Crippen LogP contribution is 1.65. The highest BCUT2D eigenvalue weighted by molar-refractivity contribution is 7.59. The van der Waals surface area contributed by atoms with Crippen molar-refractivity contribution in [2.75, 3.05) is 6.54 Å². The van der Waals surface area contributed by atoms with Crippen LogP contribution in [0.3, 0.4) is 0 Å². The first kappa shape index (κ1) is 9.55. The van der Waals surface area contributed by atoms with Gasteiger partial charge in [-0.1, -0.05) is 0 Å². The van der Waals surface area contributed by atoms with Crippen LogP contribution in [0.2, 0.25) is 0 Å². The van der Waals surface area contributed by atoms with Crippen molar-refractivity contribution in [2.24, 2.45) is 5.73 Å². The minimum atomic E-state index is -0.338. The molecule has 0 aromatic heterocycles. The minimum absolute atomic E-state index is 0. The van der Waals surface area contributed by atoms with Gasteiger partial charge in [0.2, 0.25) is 0 Å². The predicted octanol–water partition coefficient (Wildman–Crippen LogP) is -0.561. The molecule has 0 saturated carbocycles. The van der Waals surface area contributed by atoms with Gasteiger partial charge in [-0.3, -0.25) is 0 Å². The molecule has 0 heterocycles. The van der Waals surface area contributed by atoms with E-state index in [9.17, 15) is 0 Å². The Morgan fingerprint density at radius 3 is 2.00 bits per heavy atom. The summed E-state index contributed by atoms with van der Waals surface area (Å²) in [6, 6.07) is 0. The molecule has 0 bridgehead atoms. The largest absolute Gasteiger partial charge is 0.392 e. The van der Waals surface area contributed by atoms with Crippen LogP contribution in [0.5, 0.6) is 0 Å². The van der Waals surface area contributed by atoms with Crippen LogP contribution in [0, 0.1) is 0 Å². The summed E-state index contributed by atoms with van der Waals surface area (Å²) in [6.07, 6.45) is -0.338. The Hall–Kier alpha value is 0.270. The smallest absolute Gasteiger partial charge is 0.0634 e. The number of hydrogen-bond acceptors (Lipinski definition) is 2. The average Bonchev–Trinajstić information content (AvgIpc) is 1.38. The van der Waals surface area contributed by atoms with Crippen LogP contribution in [0.25, 0.3) is 0 Å². The number of nitrogens with two attached hydrogens (primary N) is 1. The molecule has 0 aliphatic carbocycles. The molecule has 0 rings (SSSR count). The zero-order valence-electron chi connectivity index (χ0n) is 3.81. The van der Waals surface area contributed by atoms with Gasteiger partial charge in [0.05, 0.1) is 6.10 Å². The summed E-state index contributed by atoms with van der Waals surface area (Å²) in [7, 11) is 0. The van der Waals surface area contributed by atoms with Crippen LogP contribution >= 0.6 is 13.5 Å². The summed E-state index contributed by atoms with van der Waals surface area (Å²) in [5, 5.41) is 8.24.